The van der Waals surface area contributed by atoms with Crippen molar-refractivity contribution in [2.75, 3.05) is 0 Å². The van der Waals surface area contributed by atoms with Crippen molar-refractivity contribution in [2.45, 2.75) is 0 Å². The van der Waals surface area contributed by atoms with Crippen LogP contribution in [0.2, 0.25) is 0 Å². The molecule has 0 aliphatic heterocycles. The van der Waals surface area contributed by atoms with Gasteiger partial charge in [0.25, 0.3) is 0 Å². The average molecular weight is 561 g/mol. The first-order chi connectivity index (χ1) is 30.8. The van der Waals surface area contributed by atoms with Gasteiger partial charge in [0, 0.05) is 16.3 Å². The smallest absolute Gasteiger partial charge is 0.146 e. The van der Waals surface area contributed by atoms with Gasteiger partial charge >= 0.3 is 0 Å². The van der Waals surface area contributed by atoms with Crippen LogP contribution in [0, 0.1) is 0 Å². The van der Waals surface area contributed by atoms with E-state index in [9.17, 15) is 6.85 Å². The van der Waals surface area contributed by atoms with Crippen molar-refractivity contribution in [1.82, 2.24) is 0 Å². The second-order valence-corrected chi connectivity index (χ2v) is 9.04. The van der Waals surface area contributed by atoms with Crippen LogP contribution in [0.1, 0.15) is 32.9 Å². The second kappa shape index (κ2) is 8.95. The first-order valence-electron chi connectivity index (χ1n) is 24.3. The van der Waals surface area contributed by atoms with Crippen molar-refractivity contribution in [3.8, 4) is 33.4 Å². The van der Waals surface area contributed by atoms with Crippen molar-refractivity contribution in [1.29, 1.82) is 0 Å². The zero-order valence-electron chi connectivity index (χ0n) is 44.8. The molecule has 0 spiro atoms. The van der Waals surface area contributed by atoms with Crippen molar-refractivity contribution < 1.29 is 41.7 Å². The largest absolute Gasteiger partial charge is 0.463 e. The summed E-state index contributed by atoms with van der Waals surface area (Å²) < 4.78 is 224. The zero-order valence-corrected chi connectivity index (χ0v) is 20.8. The maximum atomic E-state index is 9.51. The summed E-state index contributed by atoms with van der Waals surface area (Å²) in [5, 5.41) is -3.99. The van der Waals surface area contributed by atoms with E-state index in [-0.39, 0.29) is 0 Å². The number of rotatable bonds is 3. The third-order valence-electron chi connectivity index (χ3n) is 6.91. The summed E-state index contributed by atoms with van der Waals surface area (Å²) in [6.07, 6.45) is -0.878. The van der Waals surface area contributed by atoms with Gasteiger partial charge in [-0.2, -0.15) is 0 Å². The highest BCUT2D eigenvalue weighted by atomic mass is 16.3. The summed E-state index contributed by atoms with van der Waals surface area (Å²) >= 11 is 0. The molecule has 7 aromatic carbocycles. The molecule has 2 heterocycles. The van der Waals surface area contributed by atoms with Crippen molar-refractivity contribution in [3.05, 3.63) is 145 Å². The Labute approximate surface area is 275 Å². The van der Waals surface area contributed by atoms with Gasteiger partial charge in [-0.1, -0.05) is 121 Å². The molecule has 0 unspecified atom stereocenters. The molecule has 0 saturated carbocycles. The van der Waals surface area contributed by atoms with Crippen LogP contribution in [0.3, 0.4) is 0 Å². The molecule has 0 fully saturated rings. The minimum atomic E-state index is -0.938. The van der Waals surface area contributed by atoms with Crippen LogP contribution in [-0.4, -0.2) is 0 Å². The van der Waals surface area contributed by atoms with Crippen LogP contribution >= 0.6 is 0 Å². The highest BCUT2D eigenvalue weighted by molar-refractivity contribution is 6.28. The van der Waals surface area contributed by atoms with Gasteiger partial charge in [-0.25, -0.2) is 0 Å². The highest BCUT2D eigenvalue weighted by Gasteiger charge is 2.22. The van der Waals surface area contributed by atoms with Gasteiger partial charge in [0.05, 0.1) is 43.2 Å². The lowest BCUT2D eigenvalue weighted by Gasteiger charge is -2.18. The number of fused-ring (bicyclic) bond motifs is 7. The van der Waals surface area contributed by atoms with E-state index in [2.05, 4.69) is 0 Å². The van der Waals surface area contributed by atoms with Gasteiger partial charge in [-0.3, -0.25) is 0 Å². The molecule has 42 heavy (non-hydrogen) atoms. The molecule has 2 aromatic heterocycles. The molecule has 9 aromatic rings. The number of furan rings is 2. The van der Waals surface area contributed by atoms with E-state index in [1.807, 2.05) is 0 Å². The fourth-order valence-corrected chi connectivity index (χ4v) is 5.25. The maximum Gasteiger partial charge on any atom is 0.146 e. The van der Waals surface area contributed by atoms with Gasteiger partial charge in [-0.15, -0.1) is 0 Å². The number of hydrogen-bond donors (Lipinski definition) is 0. The Bertz CT molecular complexity index is 3670. The Morgan fingerprint density at radius 1 is 0.405 bits per heavy atom. The third-order valence-corrected chi connectivity index (χ3v) is 6.91. The molecule has 0 bridgehead atoms. The Hall–Kier alpha value is -5.60. The standard InChI is InChI=1S/C40H24O2/c1-3-12-25(13-4-1)33-24-41-40-31(33)22-23-35-39(40)38-32(20-11-21-34(38)42-35)37-29-18-9-7-16-27(29)36(26-14-5-2-6-15-26)28-17-8-10-19-30(28)37/h1-24H/i1D,2D,3D,4D,5D,6D,7D,8D,9D,10D,11D,12D,13D,14D,15D,16D,17D,18D,19D,20D,21D,22D,23D,24D. The second-order valence-electron chi connectivity index (χ2n) is 9.04. The van der Waals surface area contributed by atoms with E-state index >= 15 is 0 Å². The third kappa shape index (κ3) is 3.27. The van der Waals surface area contributed by atoms with E-state index in [0.29, 0.717) is 0 Å². The summed E-state index contributed by atoms with van der Waals surface area (Å²) in [4.78, 5) is 0. The van der Waals surface area contributed by atoms with Crippen LogP contribution in [0.5, 0.6) is 0 Å². The fraction of sp³-hybridized carbons (Fsp3) is 0. The van der Waals surface area contributed by atoms with E-state index in [1.54, 1.807) is 0 Å². The molecule has 0 atom stereocenters. The van der Waals surface area contributed by atoms with Crippen LogP contribution in [0.15, 0.2) is 154 Å². The molecular formula is C40H24O2. The van der Waals surface area contributed by atoms with Gasteiger partial charge < -0.3 is 8.83 Å². The van der Waals surface area contributed by atoms with Gasteiger partial charge in [0.15, 0.2) is 0 Å². The van der Waals surface area contributed by atoms with Crippen molar-refractivity contribution in [3.63, 3.8) is 0 Å². The Kier molecular flexibility index (Phi) is 2.08. The maximum absolute atomic E-state index is 9.51. The molecule has 0 amide bonds. The molecule has 2 heteroatoms. The number of hydrogen-bond acceptors (Lipinski definition) is 2. The van der Waals surface area contributed by atoms with Gasteiger partial charge in [0.1, 0.15) is 18.1 Å². The molecular weight excluding hydrogens is 512 g/mol. The van der Waals surface area contributed by atoms with E-state index in [0.717, 1.165) is 0 Å². The lowest BCUT2D eigenvalue weighted by molar-refractivity contribution is 0.619. The molecule has 9 rings (SSSR count). The van der Waals surface area contributed by atoms with Crippen molar-refractivity contribution >= 4 is 54.5 Å². The minimum absolute atomic E-state index is 0.428. The van der Waals surface area contributed by atoms with E-state index < -0.39 is 233 Å². The zero-order chi connectivity index (χ0) is 48.5. The molecule has 196 valence electrons. The first-order valence-corrected chi connectivity index (χ1v) is 12.3. The Morgan fingerprint density at radius 2 is 0.976 bits per heavy atom. The van der Waals surface area contributed by atoms with Crippen LogP contribution in [0.25, 0.3) is 87.8 Å². The summed E-state index contributed by atoms with van der Waals surface area (Å²) in [7, 11) is 0. The minimum Gasteiger partial charge on any atom is -0.463 e. The normalized spacial score (nSPS) is 19.8. The Balaban J connectivity index is 1.65. The molecule has 2 nitrogen and oxygen atoms in total. The summed E-state index contributed by atoms with van der Waals surface area (Å²) in [6, 6.07) is -20.1. The Morgan fingerprint density at radius 3 is 1.64 bits per heavy atom. The fourth-order valence-electron chi connectivity index (χ4n) is 5.25. The summed E-state index contributed by atoms with van der Waals surface area (Å²) in [5.41, 5.74) is -5.46. The highest BCUT2D eigenvalue weighted by Crippen LogP contribution is 2.48. The first kappa shape index (κ1) is 9.75. The van der Waals surface area contributed by atoms with Gasteiger partial charge in [-0.05, 0) is 67.5 Å². The summed E-state index contributed by atoms with van der Waals surface area (Å²) in [5.74, 6) is 0. The summed E-state index contributed by atoms with van der Waals surface area (Å²) in [6.45, 7) is 0. The lowest BCUT2D eigenvalue weighted by atomic mass is 9.85. The van der Waals surface area contributed by atoms with Crippen LogP contribution < -0.4 is 0 Å². The number of benzene rings is 7. The van der Waals surface area contributed by atoms with Gasteiger partial charge in [0.2, 0.25) is 0 Å². The van der Waals surface area contributed by atoms with Crippen molar-refractivity contribution in [2.24, 2.45) is 0 Å². The topological polar surface area (TPSA) is 26.3 Å². The van der Waals surface area contributed by atoms with Crippen LogP contribution in [0.4, 0.5) is 0 Å². The predicted octanol–water partition coefficient (Wildman–Crippen LogP) is 11.6. The molecule has 0 N–H and O–H groups in total. The quantitative estimate of drug-likeness (QED) is 0.201. The van der Waals surface area contributed by atoms with E-state index in [4.69, 9.17) is 34.9 Å². The lowest BCUT2D eigenvalue weighted by Crippen LogP contribution is -1.91. The van der Waals surface area contributed by atoms with Crippen LogP contribution in [-0.2, 0) is 0 Å². The SMILES string of the molecule is [2H]c1oc2c(c([2H])c([2H])c3oc4c([2H])c([2H])c([2H])c(-c5c6c([2H])c([2H])c([2H])c([2H])c6c(-c6c([2H])c([2H])c([2H])c([2H])c6[2H])c6c([2H])c([2H])c([2H])c([2H])c56)c4c32)c1-c1c([2H])c([2H])c([2H])c([2H])c1[2H]. The average Bonchev–Trinajstić information content (AvgIpc) is 3.85. The van der Waals surface area contributed by atoms with E-state index in [1.165, 1.54) is 0 Å². The molecule has 0 aliphatic rings. The molecule has 0 aliphatic carbocycles. The molecule has 0 saturated heterocycles. The predicted molar refractivity (Wildman–Crippen MR) is 175 cm³/mol. The molecule has 0 radical (unpaired) electrons. The monoisotopic (exact) mass is 560 g/mol.